The molecular formula is C65H77N9O10S. The van der Waals surface area contributed by atoms with Crippen LogP contribution in [0.15, 0.2) is 107 Å². The van der Waals surface area contributed by atoms with Crippen LogP contribution >= 0.6 is 0 Å². The number of pyridine rings is 1. The van der Waals surface area contributed by atoms with Crippen molar-refractivity contribution >= 4 is 66.4 Å². The monoisotopic (exact) mass is 1180 g/mol. The molecule has 448 valence electrons. The first kappa shape index (κ1) is 56.9. The third-order valence-electron chi connectivity index (χ3n) is 19.4. The summed E-state index contributed by atoms with van der Waals surface area (Å²) in [6.45, 7) is 14.8. The lowest BCUT2D eigenvalue weighted by Crippen LogP contribution is -2.60. The van der Waals surface area contributed by atoms with E-state index in [1.54, 1.807) is 13.2 Å². The summed E-state index contributed by atoms with van der Waals surface area (Å²) in [4.78, 5) is 44.3. The van der Waals surface area contributed by atoms with Crippen LogP contribution in [0.25, 0.3) is 22.0 Å². The largest absolute Gasteiger partial charge is 0.493 e. The molecule has 7 aromatic rings. The maximum Gasteiger partial charge on any atom is 0.293 e. The first-order chi connectivity index (χ1) is 40.9. The summed E-state index contributed by atoms with van der Waals surface area (Å²) in [7, 11) is -2.94. The standard InChI is InChI=1S/C65H77N9O10S/c1-40(2)49-8-6-7-9-50(49)57-38-70(37-43-29-45-28-41(3)83-60(45)58(30-43)81-5)25-26-72(57)47-34-65(35-47)20-23-71(24-21-65)46-10-12-51(54(32-46)73-53-17-27-82-39-59(53)84-63-56(73)31-44-16-22-66-61(44)68-63)62(75)69-85(79,80)48-11-13-52(55(33-48)74(77)78)67-36-42-14-18-64(4,76)19-15-42/h6-13,16,22,28-33,40,42,47,53,57,59,67,76H,14-15,17-21,23-27,34-39H2,1-5H3,(H,66,68)(H,69,75)/t42-,53-,57-,59-,64-/m0/s1. The molecule has 20 heteroatoms. The number of piperidine rings is 1. The Bertz CT molecular complexity index is 3780. The Morgan fingerprint density at radius 3 is 2.52 bits per heavy atom. The van der Waals surface area contributed by atoms with E-state index in [9.17, 15) is 28.4 Å². The average Bonchev–Trinajstić information content (AvgIpc) is 2.17. The highest BCUT2D eigenvalue weighted by Crippen LogP contribution is 2.54. The first-order valence-electron chi connectivity index (χ1n) is 30.3. The molecule has 19 nitrogen and oxygen atoms in total. The molecule has 85 heavy (non-hydrogen) atoms. The highest BCUT2D eigenvalue weighted by atomic mass is 32.2. The second-order valence-electron chi connectivity index (χ2n) is 25.5. The van der Waals surface area contributed by atoms with E-state index in [-0.39, 0.29) is 34.7 Å². The van der Waals surface area contributed by atoms with Crippen molar-refractivity contribution in [1.82, 2.24) is 24.5 Å². The molecule has 4 aliphatic heterocycles. The normalized spacial score (nSPS) is 23.8. The van der Waals surface area contributed by atoms with Crippen LogP contribution in [-0.2, 0) is 21.3 Å². The summed E-state index contributed by atoms with van der Waals surface area (Å²) in [5, 5.41) is 28.0. The van der Waals surface area contributed by atoms with Crippen molar-refractivity contribution in [1.29, 1.82) is 0 Å². The molecule has 5 fully saturated rings. The Morgan fingerprint density at radius 1 is 0.941 bits per heavy atom. The molecule has 6 aliphatic rings. The van der Waals surface area contributed by atoms with Gasteiger partial charge in [0.25, 0.3) is 21.6 Å². The van der Waals surface area contributed by atoms with Crippen LogP contribution < -0.4 is 29.3 Å². The third kappa shape index (κ3) is 11.2. The number of aromatic amines is 1. The maximum absolute atomic E-state index is 14.9. The van der Waals surface area contributed by atoms with Crippen LogP contribution in [0.2, 0.25) is 0 Å². The van der Waals surface area contributed by atoms with Gasteiger partial charge in [-0.3, -0.25) is 24.7 Å². The molecule has 0 bridgehead atoms. The molecule has 1 amide bonds. The number of nitrogens with zero attached hydrogens (tertiary/aromatic N) is 6. The molecule has 7 heterocycles. The van der Waals surface area contributed by atoms with Gasteiger partial charge in [0, 0.05) is 93.2 Å². The summed E-state index contributed by atoms with van der Waals surface area (Å²) in [6, 6.07) is 29.0. The number of rotatable bonds is 15. The molecule has 3 aromatic heterocycles. The quantitative estimate of drug-likeness (QED) is 0.0554. The van der Waals surface area contributed by atoms with Crippen LogP contribution in [0.5, 0.6) is 11.6 Å². The van der Waals surface area contributed by atoms with E-state index in [1.807, 2.05) is 44.3 Å². The van der Waals surface area contributed by atoms with Crippen molar-refractivity contribution in [2.45, 2.75) is 133 Å². The SMILES string of the molecule is COc1cc(CN2CCN(C3CC4(CCN(c5ccc(C(=O)NS(=O)(=O)c6ccc(NC[C@H]7CC[C@](C)(O)CC7)c([N+](=O)[O-])c6)c(N6c7cc8cc[nH]c8nc7O[C@H]7COCC[C@@H]76)c5)CC4)C3)[C@H](c3ccccc3C(C)C)C2)cc2cc(C)oc12. The maximum atomic E-state index is 14.9. The number of hydrogen-bond donors (Lipinski definition) is 4. The van der Waals surface area contributed by atoms with Gasteiger partial charge in [0.2, 0.25) is 5.88 Å². The Morgan fingerprint density at radius 2 is 1.74 bits per heavy atom. The highest BCUT2D eigenvalue weighted by Gasteiger charge is 2.50. The van der Waals surface area contributed by atoms with Gasteiger partial charge in [0.1, 0.15) is 28.9 Å². The number of carbonyl (C=O) groups is 1. The molecule has 0 unspecified atom stereocenters. The van der Waals surface area contributed by atoms with E-state index in [4.69, 9.17) is 23.6 Å². The van der Waals surface area contributed by atoms with Gasteiger partial charge < -0.3 is 43.8 Å². The Kier molecular flexibility index (Phi) is 15.1. The minimum atomic E-state index is -4.65. The number of furan rings is 1. The van der Waals surface area contributed by atoms with E-state index in [2.05, 4.69) is 90.9 Å². The Labute approximate surface area is 496 Å². The molecule has 4 aromatic carbocycles. The number of piperazine rings is 1. The van der Waals surface area contributed by atoms with Gasteiger partial charge >= 0.3 is 0 Å². The van der Waals surface area contributed by atoms with E-state index in [0.29, 0.717) is 73.9 Å². The molecule has 3 atom stereocenters. The summed E-state index contributed by atoms with van der Waals surface area (Å²) in [5.41, 5.74) is 6.82. The van der Waals surface area contributed by atoms with Crippen LogP contribution in [0, 0.1) is 28.4 Å². The number of aryl methyl sites for hydroxylation is 1. The van der Waals surface area contributed by atoms with Crippen molar-refractivity contribution in [3.8, 4) is 11.6 Å². The number of aromatic nitrogens is 2. The predicted molar refractivity (Wildman–Crippen MR) is 327 cm³/mol. The number of anilines is 4. The number of benzene rings is 4. The Balaban J connectivity index is 0.754. The summed E-state index contributed by atoms with van der Waals surface area (Å²) in [5.74, 6) is 1.68. The number of amides is 1. The third-order valence-corrected chi connectivity index (χ3v) is 20.8. The van der Waals surface area contributed by atoms with Crippen LogP contribution in [0.1, 0.15) is 123 Å². The van der Waals surface area contributed by atoms with Gasteiger partial charge in [0.15, 0.2) is 11.3 Å². The lowest BCUT2D eigenvalue weighted by atomic mass is 9.59. The van der Waals surface area contributed by atoms with Gasteiger partial charge in [-0.1, -0.05) is 38.1 Å². The average molecular weight is 1180 g/mol. The lowest BCUT2D eigenvalue weighted by molar-refractivity contribution is -0.384. The van der Waals surface area contributed by atoms with Gasteiger partial charge in [0.05, 0.1) is 46.4 Å². The Hall–Kier alpha value is -7.23. The number of fused-ring (bicyclic) bond motifs is 4. The number of H-pyrrole nitrogens is 1. The van der Waals surface area contributed by atoms with Gasteiger partial charge in [-0.15, -0.1) is 0 Å². The number of nitro groups is 1. The summed E-state index contributed by atoms with van der Waals surface area (Å²) >= 11 is 0. The zero-order valence-electron chi connectivity index (χ0n) is 49.1. The van der Waals surface area contributed by atoms with E-state index in [1.165, 1.54) is 28.8 Å². The van der Waals surface area contributed by atoms with Gasteiger partial charge in [-0.05, 0) is 166 Å². The zero-order chi connectivity index (χ0) is 58.9. The van der Waals surface area contributed by atoms with E-state index < -0.39 is 43.1 Å². The van der Waals surface area contributed by atoms with Gasteiger partial charge in [-0.2, -0.15) is 4.98 Å². The fourth-order valence-corrected chi connectivity index (χ4v) is 15.7. The number of ether oxygens (including phenoxy) is 3. The molecule has 1 spiro atoms. The second-order valence-corrected chi connectivity index (χ2v) is 27.2. The topological polar surface area (TPSA) is 221 Å². The predicted octanol–water partition coefficient (Wildman–Crippen LogP) is 11.1. The minimum absolute atomic E-state index is 0.108. The smallest absolute Gasteiger partial charge is 0.293 e. The summed E-state index contributed by atoms with van der Waals surface area (Å²) < 4.78 is 55.3. The number of aliphatic hydroxyl groups is 1. The molecular weight excluding hydrogens is 1100 g/mol. The first-order valence-corrected chi connectivity index (χ1v) is 31.8. The number of sulfonamides is 1. The molecule has 2 aliphatic carbocycles. The number of nitro benzene ring substituents is 1. The number of hydrogen-bond acceptors (Lipinski definition) is 16. The van der Waals surface area contributed by atoms with Crippen molar-refractivity contribution in [2.24, 2.45) is 11.3 Å². The lowest BCUT2D eigenvalue weighted by Gasteiger charge is -2.58. The van der Waals surface area contributed by atoms with Crippen LogP contribution in [0.4, 0.5) is 28.4 Å². The summed E-state index contributed by atoms with van der Waals surface area (Å²) in [6.07, 6.45) is 8.96. The molecule has 13 rings (SSSR count). The number of carbonyl (C=O) groups excluding carboxylic acids is 1. The zero-order valence-corrected chi connectivity index (χ0v) is 50.0. The highest BCUT2D eigenvalue weighted by molar-refractivity contribution is 7.90. The van der Waals surface area contributed by atoms with E-state index in [0.717, 1.165) is 117 Å². The van der Waals surface area contributed by atoms with Crippen molar-refractivity contribution in [2.75, 3.05) is 74.7 Å². The van der Waals surface area contributed by atoms with E-state index >= 15 is 0 Å². The van der Waals surface area contributed by atoms with Crippen LogP contribution in [0.3, 0.4) is 0 Å². The molecule has 0 radical (unpaired) electrons. The number of methoxy groups -OCH3 is 1. The fourth-order valence-electron chi connectivity index (χ4n) is 14.7. The molecule has 3 saturated heterocycles. The van der Waals surface area contributed by atoms with Crippen molar-refractivity contribution in [3.63, 3.8) is 0 Å². The van der Waals surface area contributed by atoms with Crippen LogP contribution in [-0.4, -0.2) is 128 Å². The molecule has 2 saturated carbocycles. The number of nitrogens with one attached hydrogen (secondary N) is 3. The molecule has 4 N–H and O–H groups in total. The minimum Gasteiger partial charge on any atom is -0.493 e. The van der Waals surface area contributed by atoms with Crippen molar-refractivity contribution in [3.05, 3.63) is 135 Å². The second kappa shape index (κ2) is 22.6. The van der Waals surface area contributed by atoms with Crippen molar-refractivity contribution < 1.29 is 41.9 Å². The van der Waals surface area contributed by atoms with Gasteiger partial charge in [-0.25, -0.2) is 13.1 Å². The fraction of sp³-hybridized carbons (Fsp3) is 0.477.